The minimum atomic E-state index is -0.607. The quantitative estimate of drug-likeness (QED) is 0.830. The van der Waals surface area contributed by atoms with Gasteiger partial charge in [-0.1, -0.05) is 0 Å². The van der Waals surface area contributed by atoms with E-state index in [2.05, 4.69) is 5.32 Å². The van der Waals surface area contributed by atoms with Crippen LogP contribution in [0.4, 0.5) is 8.78 Å². The lowest BCUT2D eigenvalue weighted by molar-refractivity contribution is 0.274. The number of nitrogens with one attached hydrogen (secondary N) is 1. The zero-order chi connectivity index (χ0) is 10.7. The Labute approximate surface area is 87.2 Å². The predicted molar refractivity (Wildman–Crippen MR) is 52.9 cm³/mol. The maximum atomic E-state index is 12.8. The molecule has 0 saturated carbocycles. The van der Waals surface area contributed by atoms with Crippen LogP contribution in [0.2, 0.25) is 0 Å². The van der Waals surface area contributed by atoms with Gasteiger partial charge in [0.05, 0.1) is 0 Å². The first kappa shape index (κ1) is 10.4. The Kier molecular flexibility index (Phi) is 3.16. The molecule has 82 valence electrons. The van der Waals surface area contributed by atoms with Crippen LogP contribution < -0.4 is 10.1 Å². The minimum absolute atomic E-state index is 0.251. The third kappa shape index (κ3) is 2.89. The van der Waals surface area contributed by atoms with Gasteiger partial charge in [-0.2, -0.15) is 0 Å². The summed E-state index contributed by atoms with van der Waals surface area (Å²) in [7, 11) is 0. The van der Waals surface area contributed by atoms with Crippen molar-refractivity contribution in [3.63, 3.8) is 0 Å². The lowest BCUT2D eigenvalue weighted by atomic mass is 10.2. The molecule has 0 aliphatic carbocycles. The Hall–Kier alpha value is -1.16. The van der Waals surface area contributed by atoms with Crippen LogP contribution in [0, 0.1) is 11.6 Å². The van der Waals surface area contributed by atoms with E-state index < -0.39 is 11.6 Å². The maximum Gasteiger partial charge on any atom is 0.129 e. The Morgan fingerprint density at radius 1 is 1.27 bits per heavy atom. The molecule has 15 heavy (non-hydrogen) atoms. The zero-order valence-electron chi connectivity index (χ0n) is 8.30. The fourth-order valence-electron chi connectivity index (χ4n) is 1.71. The first-order valence-corrected chi connectivity index (χ1v) is 5.06. The fourth-order valence-corrected chi connectivity index (χ4v) is 1.71. The van der Waals surface area contributed by atoms with Crippen molar-refractivity contribution in [3.05, 3.63) is 29.8 Å². The van der Waals surface area contributed by atoms with E-state index >= 15 is 0 Å². The molecule has 0 aromatic heterocycles. The van der Waals surface area contributed by atoms with Gasteiger partial charge in [0.1, 0.15) is 24.0 Å². The second kappa shape index (κ2) is 4.57. The Morgan fingerprint density at radius 3 is 2.60 bits per heavy atom. The van der Waals surface area contributed by atoms with Crippen LogP contribution in [0.5, 0.6) is 5.75 Å². The van der Waals surface area contributed by atoms with Gasteiger partial charge in [-0.05, 0) is 19.4 Å². The number of hydrogen-bond donors (Lipinski definition) is 1. The zero-order valence-corrected chi connectivity index (χ0v) is 8.30. The van der Waals surface area contributed by atoms with Crippen molar-refractivity contribution in [1.82, 2.24) is 5.32 Å². The lowest BCUT2D eigenvalue weighted by Gasteiger charge is -2.12. The second-order valence-electron chi connectivity index (χ2n) is 3.71. The number of benzene rings is 1. The summed E-state index contributed by atoms with van der Waals surface area (Å²) >= 11 is 0. The van der Waals surface area contributed by atoms with Gasteiger partial charge in [0.25, 0.3) is 0 Å². The van der Waals surface area contributed by atoms with Crippen molar-refractivity contribution in [3.8, 4) is 5.75 Å². The summed E-state index contributed by atoms with van der Waals surface area (Å²) in [6.45, 7) is 1.45. The summed E-state index contributed by atoms with van der Waals surface area (Å²) in [5.41, 5.74) is 0. The molecule has 1 aromatic carbocycles. The first-order valence-electron chi connectivity index (χ1n) is 5.06. The molecule has 0 spiro atoms. The standard InChI is InChI=1S/C11H13F2NO/c12-8-4-9(13)6-11(5-8)15-7-10-2-1-3-14-10/h4-6,10,14H,1-3,7H2/t10-/m0/s1. The summed E-state index contributed by atoms with van der Waals surface area (Å²) in [6, 6.07) is 3.52. The van der Waals surface area contributed by atoms with Crippen molar-refractivity contribution in [2.75, 3.05) is 13.2 Å². The van der Waals surface area contributed by atoms with Gasteiger partial charge >= 0.3 is 0 Å². The van der Waals surface area contributed by atoms with E-state index in [9.17, 15) is 8.78 Å². The van der Waals surface area contributed by atoms with Gasteiger partial charge in [-0.3, -0.25) is 0 Å². The highest BCUT2D eigenvalue weighted by Crippen LogP contribution is 2.16. The lowest BCUT2D eigenvalue weighted by Crippen LogP contribution is -2.28. The minimum Gasteiger partial charge on any atom is -0.492 e. The highest BCUT2D eigenvalue weighted by molar-refractivity contribution is 5.23. The van der Waals surface area contributed by atoms with E-state index in [4.69, 9.17) is 4.74 Å². The number of ether oxygens (including phenoxy) is 1. The van der Waals surface area contributed by atoms with E-state index in [1.165, 1.54) is 12.1 Å². The van der Waals surface area contributed by atoms with Crippen molar-refractivity contribution in [2.45, 2.75) is 18.9 Å². The molecule has 1 N–H and O–H groups in total. The molecule has 0 radical (unpaired) electrons. The largest absolute Gasteiger partial charge is 0.492 e. The summed E-state index contributed by atoms with van der Waals surface area (Å²) in [5.74, 6) is -0.963. The Balaban J connectivity index is 1.92. The van der Waals surface area contributed by atoms with Gasteiger partial charge in [0, 0.05) is 24.2 Å². The fraction of sp³-hybridized carbons (Fsp3) is 0.455. The van der Waals surface area contributed by atoms with Crippen molar-refractivity contribution in [2.24, 2.45) is 0 Å². The highest BCUT2D eigenvalue weighted by atomic mass is 19.1. The molecule has 2 rings (SSSR count). The molecule has 2 nitrogen and oxygen atoms in total. The SMILES string of the molecule is Fc1cc(F)cc(OC[C@@H]2CCCN2)c1. The van der Waals surface area contributed by atoms with Gasteiger partial charge in [-0.25, -0.2) is 8.78 Å². The summed E-state index contributed by atoms with van der Waals surface area (Å²) in [5, 5.41) is 3.24. The molecule has 1 fully saturated rings. The Morgan fingerprint density at radius 2 is 2.00 bits per heavy atom. The van der Waals surface area contributed by atoms with E-state index in [0.29, 0.717) is 12.6 Å². The van der Waals surface area contributed by atoms with Gasteiger partial charge < -0.3 is 10.1 Å². The van der Waals surface area contributed by atoms with Crippen LogP contribution in [0.1, 0.15) is 12.8 Å². The molecule has 0 unspecified atom stereocenters. The molecule has 1 aliphatic rings. The summed E-state index contributed by atoms with van der Waals surface area (Å²) < 4.78 is 30.9. The molecular formula is C11H13F2NO. The monoisotopic (exact) mass is 213 g/mol. The van der Waals surface area contributed by atoms with Crippen LogP contribution in [0.3, 0.4) is 0 Å². The van der Waals surface area contributed by atoms with E-state index in [-0.39, 0.29) is 5.75 Å². The average molecular weight is 213 g/mol. The van der Waals surface area contributed by atoms with E-state index in [1.807, 2.05) is 0 Å². The van der Waals surface area contributed by atoms with Crippen LogP contribution in [-0.4, -0.2) is 19.2 Å². The highest BCUT2D eigenvalue weighted by Gasteiger charge is 2.14. The van der Waals surface area contributed by atoms with Gasteiger partial charge in [0.15, 0.2) is 0 Å². The maximum absolute atomic E-state index is 12.8. The smallest absolute Gasteiger partial charge is 0.129 e. The molecule has 1 aliphatic heterocycles. The van der Waals surface area contributed by atoms with Crippen molar-refractivity contribution >= 4 is 0 Å². The van der Waals surface area contributed by atoms with Crippen molar-refractivity contribution < 1.29 is 13.5 Å². The van der Waals surface area contributed by atoms with Gasteiger partial charge in [-0.15, -0.1) is 0 Å². The topological polar surface area (TPSA) is 21.3 Å². The number of halogens is 2. The van der Waals surface area contributed by atoms with Crippen LogP contribution in [0.15, 0.2) is 18.2 Å². The van der Waals surface area contributed by atoms with Gasteiger partial charge in [0.2, 0.25) is 0 Å². The average Bonchev–Trinajstić information content (AvgIpc) is 2.65. The summed E-state index contributed by atoms with van der Waals surface area (Å²) in [4.78, 5) is 0. The molecule has 1 aromatic rings. The molecule has 1 heterocycles. The third-order valence-electron chi connectivity index (χ3n) is 2.45. The van der Waals surface area contributed by atoms with Crippen LogP contribution in [0.25, 0.3) is 0 Å². The van der Waals surface area contributed by atoms with E-state index in [0.717, 1.165) is 25.5 Å². The first-order chi connectivity index (χ1) is 7.24. The van der Waals surface area contributed by atoms with Crippen molar-refractivity contribution in [1.29, 1.82) is 0 Å². The molecule has 0 amide bonds. The normalized spacial score (nSPS) is 20.5. The van der Waals surface area contributed by atoms with E-state index in [1.54, 1.807) is 0 Å². The number of rotatable bonds is 3. The second-order valence-corrected chi connectivity index (χ2v) is 3.71. The van der Waals surface area contributed by atoms with Crippen LogP contribution in [-0.2, 0) is 0 Å². The molecule has 4 heteroatoms. The van der Waals surface area contributed by atoms with Crippen LogP contribution >= 0.6 is 0 Å². The number of hydrogen-bond acceptors (Lipinski definition) is 2. The molecule has 1 saturated heterocycles. The predicted octanol–water partition coefficient (Wildman–Crippen LogP) is 2.10. The molecular weight excluding hydrogens is 200 g/mol. The summed E-state index contributed by atoms with van der Waals surface area (Å²) in [6.07, 6.45) is 2.18. The molecule has 0 bridgehead atoms. The Bertz CT molecular complexity index is 317. The third-order valence-corrected chi connectivity index (χ3v) is 2.45. The molecule has 1 atom stereocenters.